The molecule has 1 aromatic heterocycles. The van der Waals surface area contributed by atoms with Gasteiger partial charge < -0.3 is 9.94 Å². The first kappa shape index (κ1) is 12.8. The monoisotopic (exact) mass is 259 g/mol. The molecule has 0 aliphatic rings. The van der Waals surface area contributed by atoms with Crippen LogP contribution in [0.1, 0.15) is 11.3 Å². The number of aromatic nitrogens is 3. The Kier molecular flexibility index (Phi) is 3.61. The van der Waals surface area contributed by atoms with Crippen LogP contribution in [-0.4, -0.2) is 23.0 Å². The van der Waals surface area contributed by atoms with Gasteiger partial charge in [0.15, 0.2) is 5.69 Å². The number of hydrogen-bond donors (Lipinski definition) is 0. The normalized spacial score (nSPS) is 10.8. The molecular formula is C13H13N3O3. The Bertz CT molecular complexity index is 615. The van der Waals surface area contributed by atoms with Crippen LogP contribution < -0.4 is 4.85 Å². The van der Waals surface area contributed by atoms with Gasteiger partial charge in [0.25, 0.3) is 0 Å². The highest BCUT2D eigenvalue weighted by Crippen LogP contribution is 2.06. The van der Waals surface area contributed by atoms with Crippen LogP contribution in [-0.2, 0) is 9.53 Å². The summed E-state index contributed by atoms with van der Waals surface area (Å²) in [6, 6.07) is 7.37. The van der Waals surface area contributed by atoms with Gasteiger partial charge in [0, 0.05) is 11.2 Å². The predicted octanol–water partition coefficient (Wildman–Crippen LogP) is 1.00. The van der Waals surface area contributed by atoms with Crippen molar-refractivity contribution < 1.29 is 14.4 Å². The first-order valence-electron chi connectivity index (χ1n) is 5.63. The Hall–Kier alpha value is -2.63. The molecule has 0 fully saturated rings. The molecule has 0 bridgehead atoms. The number of benzene rings is 1. The van der Waals surface area contributed by atoms with Crippen molar-refractivity contribution in [3.8, 4) is 5.69 Å². The average molecular weight is 259 g/mol. The zero-order valence-corrected chi connectivity index (χ0v) is 10.6. The van der Waals surface area contributed by atoms with Crippen LogP contribution in [0.3, 0.4) is 0 Å². The van der Waals surface area contributed by atoms with E-state index >= 15 is 0 Å². The van der Waals surface area contributed by atoms with Crippen LogP contribution in [0.25, 0.3) is 11.8 Å². The topological polar surface area (TPSA) is 71.1 Å². The third-order valence-electron chi connectivity index (χ3n) is 2.55. The highest BCUT2D eigenvalue weighted by Gasteiger charge is 2.11. The van der Waals surface area contributed by atoms with Crippen LogP contribution >= 0.6 is 0 Å². The quantitative estimate of drug-likeness (QED) is 0.357. The first-order valence-corrected chi connectivity index (χ1v) is 5.63. The SMILES string of the molecule is COC(=O)/C=C/c1cnn(-c2ccc(C)cc2)[n+]1[O-]. The van der Waals surface area contributed by atoms with Crippen molar-refractivity contribution in [2.45, 2.75) is 6.92 Å². The number of carbonyl (C=O) groups is 1. The number of aryl methyl sites for hydroxylation is 1. The van der Waals surface area contributed by atoms with Gasteiger partial charge in [-0.15, -0.1) is 4.85 Å². The van der Waals surface area contributed by atoms with E-state index in [1.807, 2.05) is 19.1 Å². The number of carbonyl (C=O) groups excluding carboxylic acids is 1. The number of esters is 1. The lowest BCUT2D eigenvalue weighted by Crippen LogP contribution is -2.39. The summed E-state index contributed by atoms with van der Waals surface area (Å²) in [5.74, 6) is -0.525. The van der Waals surface area contributed by atoms with E-state index in [9.17, 15) is 10.0 Å². The second-order valence-electron chi connectivity index (χ2n) is 3.92. The van der Waals surface area contributed by atoms with Crippen molar-refractivity contribution in [2.75, 3.05) is 7.11 Å². The highest BCUT2D eigenvalue weighted by atomic mass is 16.5. The van der Waals surface area contributed by atoms with E-state index in [1.165, 1.54) is 30.3 Å². The van der Waals surface area contributed by atoms with E-state index in [2.05, 4.69) is 9.84 Å². The van der Waals surface area contributed by atoms with Gasteiger partial charge in [-0.05, 0) is 29.9 Å². The fraction of sp³-hybridized carbons (Fsp3) is 0.154. The lowest BCUT2D eigenvalue weighted by molar-refractivity contribution is -0.690. The van der Waals surface area contributed by atoms with Crippen LogP contribution in [0.2, 0.25) is 0 Å². The van der Waals surface area contributed by atoms with Crippen molar-refractivity contribution in [1.82, 2.24) is 9.90 Å². The van der Waals surface area contributed by atoms with Crippen molar-refractivity contribution in [3.63, 3.8) is 0 Å². The minimum absolute atomic E-state index is 0.256. The standard InChI is InChI=1S/C13H13N3O3/c1-10-3-5-11(6-4-10)15-14-9-12(16(15)18)7-8-13(17)19-2/h3-9H,1-2H3/b8-7+. The molecule has 6 heteroatoms. The second-order valence-corrected chi connectivity index (χ2v) is 3.92. The highest BCUT2D eigenvalue weighted by molar-refractivity contribution is 5.86. The summed E-state index contributed by atoms with van der Waals surface area (Å²) in [6.45, 7) is 1.96. The summed E-state index contributed by atoms with van der Waals surface area (Å²) in [5, 5.41) is 16.0. The van der Waals surface area contributed by atoms with Gasteiger partial charge in [-0.3, -0.25) is 0 Å². The average Bonchev–Trinajstić information content (AvgIpc) is 2.78. The molecule has 0 aliphatic heterocycles. The number of rotatable bonds is 3. The molecule has 2 rings (SSSR count). The molecule has 6 nitrogen and oxygen atoms in total. The van der Waals surface area contributed by atoms with E-state index in [4.69, 9.17) is 0 Å². The molecule has 19 heavy (non-hydrogen) atoms. The van der Waals surface area contributed by atoms with Gasteiger partial charge >= 0.3 is 5.97 Å². The molecule has 0 saturated carbocycles. The maximum absolute atomic E-state index is 12.0. The molecule has 1 aromatic carbocycles. The molecule has 98 valence electrons. The van der Waals surface area contributed by atoms with Crippen LogP contribution in [0.4, 0.5) is 0 Å². The Morgan fingerprint density at radius 2 is 2.11 bits per heavy atom. The number of nitrogens with zero attached hydrogens (tertiary/aromatic N) is 3. The van der Waals surface area contributed by atoms with Crippen molar-refractivity contribution in [1.29, 1.82) is 0 Å². The van der Waals surface area contributed by atoms with Gasteiger partial charge in [0.05, 0.1) is 7.11 Å². The minimum atomic E-state index is -0.525. The van der Waals surface area contributed by atoms with Gasteiger partial charge in [-0.1, -0.05) is 17.7 Å². The third-order valence-corrected chi connectivity index (χ3v) is 2.55. The molecule has 0 aliphatic carbocycles. The van der Waals surface area contributed by atoms with Crippen LogP contribution in [0.5, 0.6) is 0 Å². The van der Waals surface area contributed by atoms with Gasteiger partial charge in [-0.2, -0.15) is 0 Å². The molecule has 2 aromatic rings. The number of hydrogen-bond acceptors (Lipinski definition) is 4. The molecule has 0 saturated heterocycles. The fourth-order valence-corrected chi connectivity index (χ4v) is 1.50. The number of ether oxygens (including phenoxy) is 1. The van der Waals surface area contributed by atoms with E-state index in [0.29, 0.717) is 10.5 Å². The summed E-state index contributed by atoms with van der Waals surface area (Å²) in [6.07, 6.45) is 3.91. The van der Waals surface area contributed by atoms with Crippen molar-refractivity contribution in [3.05, 3.63) is 53.0 Å². The number of methoxy groups -OCH3 is 1. The van der Waals surface area contributed by atoms with Gasteiger partial charge in [0.1, 0.15) is 5.69 Å². The first-order chi connectivity index (χ1) is 9.11. The molecule has 0 N–H and O–H groups in total. The zero-order valence-electron chi connectivity index (χ0n) is 10.6. The zero-order chi connectivity index (χ0) is 13.8. The van der Waals surface area contributed by atoms with E-state index < -0.39 is 5.97 Å². The van der Waals surface area contributed by atoms with Crippen LogP contribution in [0.15, 0.2) is 36.5 Å². The molecular weight excluding hydrogens is 246 g/mol. The van der Waals surface area contributed by atoms with Crippen molar-refractivity contribution >= 4 is 12.0 Å². The van der Waals surface area contributed by atoms with Gasteiger partial charge in [0.2, 0.25) is 6.20 Å². The summed E-state index contributed by atoms with van der Waals surface area (Å²) >= 11 is 0. The lowest BCUT2D eigenvalue weighted by atomic mass is 10.2. The fourth-order valence-electron chi connectivity index (χ4n) is 1.50. The molecule has 0 spiro atoms. The molecule has 0 unspecified atom stereocenters. The van der Waals surface area contributed by atoms with Gasteiger partial charge in [-0.25, -0.2) is 4.79 Å². The summed E-state index contributed by atoms with van der Waals surface area (Å²) in [4.78, 5) is 12.8. The minimum Gasteiger partial charge on any atom is -0.692 e. The predicted molar refractivity (Wildman–Crippen MR) is 68.3 cm³/mol. The van der Waals surface area contributed by atoms with E-state index in [0.717, 1.165) is 5.56 Å². The lowest BCUT2D eigenvalue weighted by Gasteiger charge is -2.04. The molecule has 0 atom stereocenters. The maximum Gasteiger partial charge on any atom is 0.330 e. The molecule has 0 radical (unpaired) electrons. The molecule has 1 heterocycles. The Morgan fingerprint density at radius 3 is 2.74 bits per heavy atom. The Morgan fingerprint density at radius 1 is 1.42 bits per heavy atom. The second kappa shape index (κ2) is 5.34. The summed E-state index contributed by atoms with van der Waals surface area (Å²) in [5.41, 5.74) is 2.00. The molecule has 0 amide bonds. The van der Waals surface area contributed by atoms with Crippen molar-refractivity contribution in [2.24, 2.45) is 0 Å². The maximum atomic E-state index is 12.0. The van der Waals surface area contributed by atoms with Crippen LogP contribution in [0, 0.1) is 12.1 Å². The smallest absolute Gasteiger partial charge is 0.330 e. The summed E-state index contributed by atoms with van der Waals surface area (Å²) in [7, 11) is 1.27. The van der Waals surface area contributed by atoms with E-state index in [-0.39, 0.29) is 5.69 Å². The van der Waals surface area contributed by atoms with E-state index in [1.54, 1.807) is 12.1 Å². The Balaban J connectivity index is 2.30. The largest absolute Gasteiger partial charge is 0.692 e. The summed E-state index contributed by atoms with van der Waals surface area (Å²) < 4.78 is 4.45. The Labute approximate surface area is 110 Å². The third kappa shape index (κ3) is 2.79.